The van der Waals surface area contributed by atoms with E-state index in [1.807, 2.05) is 29.7 Å². The number of H-pyrrole nitrogens is 1. The van der Waals surface area contributed by atoms with E-state index in [4.69, 9.17) is 10.5 Å². The molecule has 1 saturated heterocycles. The molecule has 2 aliphatic heterocycles. The zero-order chi connectivity index (χ0) is 21.4. The maximum Gasteiger partial charge on any atom is 0.273 e. The van der Waals surface area contributed by atoms with Gasteiger partial charge in [-0.05, 0) is 31.0 Å². The number of morpholine rings is 1. The third kappa shape index (κ3) is 3.66. The number of aryl methyl sites for hydroxylation is 1. The first-order valence-electron chi connectivity index (χ1n) is 10.2. The summed E-state index contributed by atoms with van der Waals surface area (Å²) in [5.41, 5.74) is 7.71. The second kappa shape index (κ2) is 8.08. The second-order valence-corrected chi connectivity index (χ2v) is 7.93. The normalized spacial score (nSPS) is 21.4. The number of aromatic nitrogens is 2. The molecule has 1 fully saturated rings. The van der Waals surface area contributed by atoms with Crippen LogP contribution in [0.3, 0.4) is 0 Å². The van der Waals surface area contributed by atoms with E-state index in [2.05, 4.69) is 9.88 Å². The van der Waals surface area contributed by atoms with Crippen molar-refractivity contribution in [3.63, 3.8) is 0 Å². The molecule has 0 aliphatic carbocycles. The molecule has 2 unspecified atom stereocenters. The van der Waals surface area contributed by atoms with Gasteiger partial charge in [0.1, 0.15) is 23.4 Å². The number of pyridine rings is 2. The molecule has 30 heavy (non-hydrogen) atoms. The fourth-order valence-corrected chi connectivity index (χ4v) is 4.37. The molecule has 0 aromatic carbocycles. The van der Waals surface area contributed by atoms with Crippen molar-refractivity contribution in [2.45, 2.75) is 33.0 Å². The number of carbonyl (C=O) groups is 1. The summed E-state index contributed by atoms with van der Waals surface area (Å²) in [6.45, 7) is 6.32. The van der Waals surface area contributed by atoms with E-state index in [1.165, 1.54) is 11.8 Å². The molecule has 9 heteroatoms. The van der Waals surface area contributed by atoms with Crippen LogP contribution in [0, 0.1) is 12.8 Å². The number of fused-ring (bicyclic) bond motifs is 1. The van der Waals surface area contributed by atoms with Crippen LogP contribution in [0.4, 0.5) is 17.3 Å². The Hall–Kier alpha value is -2.91. The number of carbonyl (C=O) groups excluding carboxylic acids is 1. The SMILES string of the molecule is CC(=O)N1c2c(cc(N3CCOCC3)[nH]c2=O)CC(C[n+]2c(C)cccc2N)C1O. The van der Waals surface area contributed by atoms with Crippen LogP contribution in [0.5, 0.6) is 0 Å². The number of aliphatic hydroxyl groups is 1. The standard InChI is InChI=1S/C21H27N5O4/c1-13-4-3-5-17(22)25(13)12-16-10-15-11-18(24-6-8-30-9-7-24)23-20(28)19(15)26(14(2)27)21(16)29/h3-5,11,16,21-22,29H,6-10,12H2,1-2H3,(H,23,28)/p+1. The number of hydrogen-bond acceptors (Lipinski definition) is 6. The first-order chi connectivity index (χ1) is 14.4. The number of rotatable bonds is 3. The highest BCUT2D eigenvalue weighted by Crippen LogP contribution is 2.32. The summed E-state index contributed by atoms with van der Waals surface area (Å²) in [5, 5.41) is 11.0. The number of aromatic amines is 1. The van der Waals surface area contributed by atoms with Gasteiger partial charge >= 0.3 is 0 Å². The van der Waals surface area contributed by atoms with Crippen LogP contribution in [0.2, 0.25) is 0 Å². The van der Waals surface area contributed by atoms with Crippen LogP contribution in [-0.2, 0) is 22.5 Å². The minimum atomic E-state index is -1.11. The number of anilines is 3. The summed E-state index contributed by atoms with van der Waals surface area (Å²) in [5.74, 6) is 0.612. The minimum absolute atomic E-state index is 0.228. The van der Waals surface area contributed by atoms with E-state index in [0.29, 0.717) is 50.9 Å². The fourth-order valence-electron chi connectivity index (χ4n) is 4.37. The van der Waals surface area contributed by atoms with E-state index >= 15 is 0 Å². The smallest absolute Gasteiger partial charge is 0.273 e. The van der Waals surface area contributed by atoms with E-state index in [1.54, 1.807) is 6.07 Å². The second-order valence-electron chi connectivity index (χ2n) is 7.93. The molecule has 0 bridgehead atoms. The number of nitrogens with one attached hydrogen (secondary N) is 1. The number of hydrogen-bond donors (Lipinski definition) is 3. The lowest BCUT2D eigenvalue weighted by Crippen LogP contribution is -2.55. The van der Waals surface area contributed by atoms with Gasteiger partial charge in [-0.25, -0.2) is 4.57 Å². The zero-order valence-corrected chi connectivity index (χ0v) is 17.3. The number of amides is 1. The lowest BCUT2D eigenvalue weighted by Gasteiger charge is -2.38. The van der Waals surface area contributed by atoms with Crippen molar-refractivity contribution in [1.29, 1.82) is 0 Å². The molecule has 160 valence electrons. The molecular weight excluding hydrogens is 386 g/mol. The van der Waals surface area contributed by atoms with Gasteiger partial charge in [-0.1, -0.05) is 6.07 Å². The Morgan fingerprint density at radius 2 is 2.10 bits per heavy atom. The highest BCUT2D eigenvalue weighted by Gasteiger charge is 2.39. The van der Waals surface area contributed by atoms with E-state index in [0.717, 1.165) is 11.3 Å². The Morgan fingerprint density at radius 1 is 1.37 bits per heavy atom. The van der Waals surface area contributed by atoms with Crippen molar-refractivity contribution >= 4 is 23.2 Å². The van der Waals surface area contributed by atoms with E-state index < -0.39 is 6.23 Å². The summed E-state index contributed by atoms with van der Waals surface area (Å²) in [6, 6.07) is 7.55. The lowest BCUT2D eigenvalue weighted by molar-refractivity contribution is -0.696. The average molecular weight is 414 g/mol. The maximum absolute atomic E-state index is 12.9. The molecule has 0 radical (unpaired) electrons. The third-order valence-corrected chi connectivity index (χ3v) is 5.93. The zero-order valence-electron chi connectivity index (χ0n) is 17.3. The molecule has 9 nitrogen and oxygen atoms in total. The molecule has 1 amide bonds. The summed E-state index contributed by atoms with van der Waals surface area (Å²) in [4.78, 5) is 31.5. The lowest BCUT2D eigenvalue weighted by atomic mass is 9.90. The monoisotopic (exact) mass is 414 g/mol. The van der Waals surface area contributed by atoms with Crippen LogP contribution >= 0.6 is 0 Å². The Labute approximate surface area is 174 Å². The Morgan fingerprint density at radius 3 is 2.77 bits per heavy atom. The van der Waals surface area contributed by atoms with Crippen molar-refractivity contribution in [2.75, 3.05) is 41.8 Å². The van der Waals surface area contributed by atoms with Crippen molar-refractivity contribution in [2.24, 2.45) is 5.92 Å². The quantitative estimate of drug-likeness (QED) is 0.606. The van der Waals surface area contributed by atoms with Crippen LogP contribution in [-0.4, -0.2) is 48.5 Å². The van der Waals surface area contributed by atoms with Gasteiger partial charge in [0.05, 0.1) is 19.8 Å². The molecular formula is C21H28N5O4+. The minimum Gasteiger partial charge on any atom is -0.378 e. The third-order valence-electron chi connectivity index (χ3n) is 5.93. The van der Waals surface area contributed by atoms with Crippen LogP contribution in [0.25, 0.3) is 0 Å². The first-order valence-corrected chi connectivity index (χ1v) is 10.2. The van der Waals surface area contributed by atoms with Gasteiger partial charge in [0.25, 0.3) is 11.4 Å². The molecule has 2 aromatic rings. The Bertz CT molecular complexity index is 995. The summed E-state index contributed by atoms with van der Waals surface area (Å²) < 4.78 is 7.32. The first kappa shape index (κ1) is 20.4. The van der Waals surface area contributed by atoms with Crippen molar-refractivity contribution in [3.8, 4) is 0 Å². The van der Waals surface area contributed by atoms with Gasteiger partial charge in [-0.3, -0.25) is 20.2 Å². The van der Waals surface area contributed by atoms with Crippen molar-refractivity contribution < 1.29 is 19.2 Å². The molecule has 4 N–H and O–H groups in total. The molecule has 4 heterocycles. The van der Waals surface area contributed by atoms with Gasteiger partial charge in [0.15, 0.2) is 0 Å². The number of nitrogens with zero attached hydrogens (tertiary/aromatic N) is 3. The van der Waals surface area contributed by atoms with Crippen LogP contribution in [0.1, 0.15) is 18.2 Å². The Balaban J connectivity index is 1.74. The highest BCUT2D eigenvalue weighted by molar-refractivity contribution is 5.93. The number of nitrogen functional groups attached to an aromatic ring is 1. The molecule has 2 aliphatic rings. The van der Waals surface area contributed by atoms with Gasteiger partial charge in [-0.15, -0.1) is 0 Å². The Kier molecular flexibility index (Phi) is 5.48. The fraction of sp³-hybridized carbons (Fsp3) is 0.476. The average Bonchev–Trinajstić information content (AvgIpc) is 2.72. The predicted octanol–water partition coefficient (Wildman–Crippen LogP) is -0.0666. The number of aliphatic hydroxyl groups excluding tert-OH is 1. The van der Waals surface area contributed by atoms with E-state index in [9.17, 15) is 14.7 Å². The molecule has 2 aromatic heterocycles. The van der Waals surface area contributed by atoms with Gasteiger partial charge in [-0.2, -0.15) is 0 Å². The highest BCUT2D eigenvalue weighted by atomic mass is 16.5. The van der Waals surface area contributed by atoms with Gasteiger partial charge < -0.3 is 19.7 Å². The summed E-state index contributed by atoms with van der Waals surface area (Å²) >= 11 is 0. The molecule has 0 saturated carbocycles. The van der Waals surface area contributed by atoms with Gasteiger partial charge in [0.2, 0.25) is 5.91 Å². The number of nitrogens with two attached hydrogens (primary N) is 1. The molecule has 2 atom stereocenters. The largest absolute Gasteiger partial charge is 0.378 e. The molecule has 4 rings (SSSR count). The molecule has 0 spiro atoms. The maximum atomic E-state index is 12.9. The van der Waals surface area contributed by atoms with Gasteiger partial charge in [0, 0.05) is 32.0 Å². The van der Waals surface area contributed by atoms with Crippen LogP contribution < -0.4 is 25.7 Å². The van der Waals surface area contributed by atoms with E-state index in [-0.39, 0.29) is 23.1 Å². The summed E-state index contributed by atoms with van der Waals surface area (Å²) in [6.07, 6.45) is -0.653. The van der Waals surface area contributed by atoms with Crippen molar-refractivity contribution in [1.82, 2.24) is 4.98 Å². The predicted molar refractivity (Wildman–Crippen MR) is 112 cm³/mol. The number of ether oxygens (including phenoxy) is 1. The van der Waals surface area contributed by atoms with Crippen LogP contribution in [0.15, 0.2) is 29.1 Å². The topological polar surface area (TPSA) is 116 Å². The summed E-state index contributed by atoms with van der Waals surface area (Å²) in [7, 11) is 0. The van der Waals surface area contributed by atoms with Crippen molar-refractivity contribution in [3.05, 3.63) is 45.9 Å².